The van der Waals surface area contributed by atoms with E-state index in [-0.39, 0.29) is 16.5 Å². The van der Waals surface area contributed by atoms with Gasteiger partial charge in [0.15, 0.2) is 0 Å². The molecule has 0 atom stereocenters. The average Bonchev–Trinajstić information content (AvgIpc) is 3.67. The summed E-state index contributed by atoms with van der Waals surface area (Å²) in [6, 6.07) is 45.3. The molecule has 0 aliphatic carbocycles. The normalized spacial score (nSPS) is 14.4. The van der Waals surface area contributed by atoms with Crippen LogP contribution < -0.4 is 0 Å². The lowest BCUT2D eigenvalue weighted by Gasteiger charge is -2.28. The second-order valence-electron chi connectivity index (χ2n) is 20.4. The van der Waals surface area contributed by atoms with Crippen LogP contribution in [-0.4, -0.2) is 19.6 Å². The molecule has 6 aromatic carbocycles. The summed E-state index contributed by atoms with van der Waals surface area (Å²) in [5.74, 6) is -0.0935. The number of rotatable bonds is 6. The molecule has 8 aromatic rings. The number of aryl methyl sites for hydroxylation is 1. The zero-order valence-electron chi connectivity index (χ0n) is 44.6. The fraction of sp³-hybridized carbons (Fsp3) is 0.288. The van der Waals surface area contributed by atoms with Gasteiger partial charge in [-0.3, -0.25) is 9.55 Å². The molecular weight excluding hydrogens is 767 g/mol. The fourth-order valence-electron chi connectivity index (χ4n) is 8.40. The number of fused-ring (bicyclic) bond motifs is 1. The van der Waals surface area contributed by atoms with E-state index in [1.54, 1.807) is 6.07 Å². The molecule has 4 nitrogen and oxygen atoms in total. The van der Waals surface area contributed by atoms with Crippen molar-refractivity contribution in [2.24, 2.45) is 0 Å². The van der Waals surface area contributed by atoms with E-state index in [1.165, 1.54) is 12.5 Å². The number of phenolic OH excluding ortho intramolecular Hbond substituents is 1. The Balaban J connectivity index is 1.48. The van der Waals surface area contributed by atoms with Gasteiger partial charge < -0.3 is 5.11 Å². The maximum atomic E-state index is 12.7. The van der Waals surface area contributed by atoms with Gasteiger partial charge in [0.1, 0.15) is 11.6 Å². The molecule has 8 rings (SSSR count). The number of hydrogen-bond donors (Lipinski definition) is 1. The molecule has 0 unspecified atom stereocenters. The number of imidazole rings is 1. The lowest BCUT2D eigenvalue weighted by molar-refractivity contribution is 0.446. The summed E-state index contributed by atoms with van der Waals surface area (Å²) in [7, 11) is 0. The summed E-state index contributed by atoms with van der Waals surface area (Å²) in [6.07, 6.45) is 1.86. The largest absolute Gasteiger partial charge is 0.507 e. The molecule has 0 saturated carbocycles. The number of aromatic nitrogens is 3. The number of benzene rings is 6. The Kier molecular flexibility index (Phi) is 9.10. The van der Waals surface area contributed by atoms with Gasteiger partial charge in [0.25, 0.3) is 0 Å². The van der Waals surface area contributed by atoms with Crippen LogP contribution in [0, 0.1) is 6.92 Å². The molecule has 0 fully saturated rings. The van der Waals surface area contributed by atoms with E-state index in [9.17, 15) is 5.11 Å². The third-order valence-electron chi connectivity index (χ3n) is 12.1. The van der Waals surface area contributed by atoms with Gasteiger partial charge in [-0.2, -0.15) is 0 Å². The van der Waals surface area contributed by atoms with Gasteiger partial charge in [-0.25, -0.2) is 4.98 Å². The number of aromatic hydroxyl groups is 1. The zero-order chi connectivity index (χ0) is 50.2. The number of para-hydroxylation sites is 1. The molecule has 0 bridgehead atoms. The number of nitrogens with zero attached hydrogens (tertiary/aromatic N) is 3. The van der Waals surface area contributed by atoms with Gasteiger partial charge in [0, 0.05) is 31.1 Å². The zero-order valence-corrected chi connectivity index (χ0v) is 38.6. The lowest BCUT2D eigenvalue weighted by atomic mass is 9.78. The summed E-state index contributed by atoms with van der Waals surface area (Å²) in [4.78, 5) is 10.4. The van der Waals surface area contributed by atoms with Gasteiger partial charge in [-0.1, -0.05) is 173 Å². The first-order valence-corrected chi connectivity index (χ1v) is 21.9. The first-order chi connectivity index (χ1) is 32.1. The molecule has 2 heterocycles. The maximum Gasteiger partial charge on any atom is 0.149 e. The van der Waals surface area contributed by atoms with Gasteiger partial charge in [0.2, 0.25) is 0 Å². The standard InChI is InChI=1S/C59H63N3O/c1-37-22-24-39(25-23-37)41-28-29-60-50(34-41)43-30-42(31-44(32-43)56(2,3)4)46-20-17-21-52-53(46)61-55(47-35-45(57(5,6)7)36-49(54(47)63)59(11,12)13)62(52)51-27-26-40(33-48(51)58(8,9)10)38-18-15-14-16-19-38/h14-36,63H,1-13H3/i11D3,12D3. The van der Waals surface area contributed by atoms with E-state index in [0.717, 1.165) is 67.0 Å². The van der Waals surface area contributed by atoms with E-state index in [1.807, 2.05) is 69.4 Å². The predicted molar refractivity (Wildman–Crippen MR) is 267 cm³/mol. The third-order valence-corrected chi connectivity index (χ3v) is 12.1. The molecule has 0 spiro atoms. The van der Waals surface area contributed by atoms with Gasteiger partial charge >= 0.3 is 0 Å². The van der Waals surface area contributed by atoms with Crippen molar-refractivity contribution in [3.05, 3.63) is 167 Å². The van der Waals surface area contributed by atoms with Crippen LogP contribution in [0.1, 0.15) is 119 Å². The highest BCUT2D eigenvalue weighted by molar-refractivity contribution is 5.97. The van der Waals surface area contributed by atoms with Crippen molar-refractivity contribution in [1.29, 1.82) is 0 Å². The Hall–Kier alpha value is -6.26. The SMILES string of the molecule is [2H]C([2H])([2H])C(C)(c1cc(C(C)(C)C)cc(-c2nc3c(-c4cc(-c5cc(-c6ccc(C)cc6)ccn5)cc(C(C)(C)C)c4)cccc3n2-c2ccc(-c3ccccc3)cc2C(C)(C)C)c1O)C([2H])([2H])[2H]. The molecule has 0 aliphatic rings. The molecule has 2 aromatic heterocycles. The Morgan fingerprint density at radius 2 is 1.14 bits per heavy atom. The van der Waals surface area contributed by atoms with Gasteiger partial charge in [0.05, 0.1) is 28.0 Å². The quantitative estimate of drug-likeness (QED) is 0.182. The van der Waals surface area contributed by atoms with Crippen molar-refractivity contribution in [3.63, 3.8) is 0 Å². The van der Waals surface area contributed by atoms with Crippen LogP contribution in [0.15, 0.2) is 140 Å². The monoisotopic (exact) mass is 836 g/mol. The summed E-state index contributed by atoms with van der Waals surface area (Å²) in [5.41, 5.74) is 10.3. The maximum absolute atomic E-state index is 12.7. The third kappa shape index (κ3) is 8.61. The van der Waals surface area contributed by atoms with Crippen LogP contribution in [0.5, 0.6) is 5.75 Å². The Morgan fingerprint density at radius 1 is 0.508 bits per heavy atom. The minimum absolute atomic E-state index is 0.179. The minimum Gasteiger partial charge on any atom is -0.507 e. The smallest absolute Gasteiger partial charge is 0.149 e. The first-order valence-electron chi connectivity index (χ1n) is 24.9. The fourth-order valence-corrected chi connectivity index (χ4v) is 8.40. The van der Waals surface area contributed by atoms with Gasteiger partial charge in [-0.15, -0.1) is 0 Å². The van der Waals surface area contributed by atoms with Crippen molar-refractivity contribution >= 4 is 11.0 Å². The first kappa shape index (κ1) is 36.2. The highest BCUT2D eigenvalue weighted by Crippen LogP contribution is 2.46. The summed E-state index contributed by atoms with van der Waals surface area (Å²) >= 11 is 0. The molecule has 4 heteroatoms. The van der Waals surface area contributed by atoms with E-state index in [0.29, 0.717) is 16.9 Å². The van der Waals surface area contributed by atoms with Crippen molar-refractivity contribution in [1.82, 2.24) is 14.5 Å². The minimum atomic E-state index is -3.02. The predicted octanol–water partition coefficient (Wildman–Crippen LogP) is 16.0. The van der Waals surface area contributed by atoms with Crippen LogP contribution in [-0.2, 0) is 21.7 Å². The molecule has 0 aliphatic heterocycles. The Labute approximate surface area is 384 Å². The molecule has 1 N–H and O–H groups in total. The van der Waals surface area contributed by atoms with Crippen LogP contribution in [0.25, 0.3) is 72.7 Å². The molecule has 0 radical (unpaired) electrons. The van der Waals surface area contributed by atoms with E-state index in [4.69, 9.17) is 18.2 Å². The Morgan fingerprint density at radius 3 is 1.81 bits per heavy atom. The summed E-state index contributed by atoms with van der Waals surface area (Å²) in [6.45, 7) is 16.3. The van der Waals surface area contributed by atoms with Crippen LogP contribution in [0.4, 0.5) is 0 Å². The van der Waals surface area contributed by atoms with Crippen LogP contribution in [0.2, 0.25) is 0 Å². The van der Waals surface area contributed by atoms with Crippen molar-refractivity contribution < 1.29 is 13.3 Å². The number of phenols is 1. The molecule has 63 heavy (non-hydrogen) atoms. The Bertz CT molecular complexity index is 3200. The molecule has 0 saturated heterocycles. The number of pyridine rings is 1. The van der Waals surface area contributed by atoms with Crippen LogP contribution >= 0.6 is 0 Å². The highest BCUT2D eigenvalue weighted by Gasteiger charge is 2.30. The second-order valence-corrected chi connectivity index (χ2v) is 20.4. The summed E-state index contributed by atoms with van der Waals surface area (Å²) in [5, 5.41) is 12.7. The van der Waals surface area contributed by atoms with Crippen molar-refractivity contribution in [3.8, 4) is 67.5 Å². The van der Waals surface area contributed by atoms with Gasteiger partial charge in [-0.05, 0) is 122 Å². The number of hydrogen-bond acceptors (Lipinski definition) is 3. The van der Waals surface area contributed by atoms with E-state index >= 15 is 0 Å². The summed E-state index contributed by atoms with van der Waals surface area (Å²) < 4.78 is 54.2. The molecule has 320 valence electrons. The molecule has 0 amide bonds. The van der Waals surface area contributed by atoms with Crippen molar-refractivity contribution in [2.45, 2.75) is 112 Å². The topological polar surface area (TPSA) is 50.9 Å². The van der Waals surface area contributed by atoms with Crippen LogP contribution in [0.3, 0.4) is 0 Å². The average molecular weight is 836 g/mol. The van der Waals surface area contributed by atoms with Crippen molar-refractivity contribution in [2.75, 3.05) is 0 Å². The van der Waals surface area contributed by atoms with E-state index in [2.05, 4.69) is 138 Å². The lowest BCUT2D eigenvalue weighted by Crippen LogP contribution is -2.18. The van der Waals surface area contributed by atoms with E-state index < -0.39 is 35.7 Å². The second kappa shape index (κ2) is 15.8. The molecular formula is C59H63N3O. The highest BCUT2D eigenvalue weighted by atomic mass is 16.3.